The molecule has 6 nitrogen and oxygen atoms in total. The number of anilines is 1. The molecule has 1 amide bonds. The number of amides is 1. The summed E-state index contributed by atoms with van der Waals surface area (Å²) in [6.07, 6.45) is 0.720. The van der Waals surface area contributed by atoms with E-state index in [1.54, 1.807) is 0 Å². The third kappa shape index (κ3) is 3.99. The van der Waals surface area contributed by atoms with Crippen LogP contribution in [0.5, 0.6) is 0 Å². The first-order valence-electron chi connectivity index (χ1n) is 5.86. The number of hydrogen-bond donors (Lipinski definition) is 2. The van der Waals surface area contributed by atoms with Crippen LogP contribution < -0.4 is 11.1 Å². The molecule has 0 saturated carbocycles. The number of halogens is 1. The quantitative estimate of drug-likeness (QED) is 0.631. The van der Waals surface area contributed by atoms with Crippen LogP contribution in [0.15, 0.2) is 18.2 Å². The normalized spacial score (nSPS) is 13.7. The van der Waals surface area contributed by atoms with Crippen molar-refractivity contribution in [3.8, 4) is 0 Å². The monoisotopic (exact) mass is 269 g/mol. The lowest BCUT2D eigenvalue weighted by Crippen LogP contribution is -2.40. The molecule has 0 aliphatic rings. The first-order chi connectivity index (χ1) is 8.85. The molecule has 19 heavy (non-hydrogen) atoms. The molecule has 0 heterocycles. The SMILES string of the molecule is CCC(C)C(N)C(=O)Nc1cc(F)cc([N+](=O)[O-])c1. The molecule has 0 radical (unpaired) electrons. The van der Waals surface area contributed by atoms with Gasteiger partial charge in [0.1, 0.15) is 5.82 Å². The third-order valence-electron chi connectivity index (χ3n) is 2.92. The van der Waals surface area contributed by atoms with Gasteiger partial charge in [-0.05, 0) is 12.0 Å². The molecule has 2 atom stereocenters. The molecular weight excluding hydrogens is 253 g/mol. The van der Waals surface area contributed by atoms with Crippen molar-refractivity contribution in [1.82, 2.24) is 0 Å². The number of nitrogens with zero attached hydrogens (tertiary/aromatic N) is 1. The minimum absolute atomic E-state index is 0.0236. The van der Waals surface area contributed by atoms with Crippen molar-refractivity contribution in [2.75, 3.05) is 5.32 Å². The van der Waals surface area contributed by atoms with Gasteiger partial charge in [-0.15, -0.1) is 0 Å². The highest BCUT2D eigenvalue weighted by Gasteiger charge is 2.20. The zero-order valence-electron chi connectivity index (χ0n) is 10.7. The number of non-ortho nitro benzene ring substituents is 1. The van der Waals surface area contributed by atoms with E-state index in [1.807, 2.05) is 13.8 Å². The Morgan fingerprint density at radius 2 is 2.16 bits per heavy atom. The van der Waals surface area contributed by atoms with E-state index in [0.717, 1.165) is 24.6 Å². The summed E-state index contributed by atoms with van der Waals surface area (Å²) >= 11 is 0. The molecule has 0 bridgehead atoms. The molecule has 0 saturated heterocycles. The first-order valence-corrected chi connectivity index (χ1v) is 5.86. The smallest absolute Gasteiger partial charge is 0.274 e. The summed E-state index contributed by atoms with van der Waals surface area (Å²) in [7, 11) is 0. The van der Waals surface area contributed by atoms with E-state index in [2.05, 4.69) is 5.32 Å². The largest absolute Gasteiger partial charge is 0.324 e. The Morgan fingerprint density at radius 3 is 2.68 bits per heavy atom. The topological polar surface area (TPSA) is 98.3 Å². The van der Waals surface area contributed by atoms with Gasteiger partial charge in [0.2, 0.25) is 5.91 Å². The average Bonchev–Trinajstić information content (AvgIpc) is 2.35. The van der Waals surface area contributed by atoms with Crippen LogP contribution in [0.4, 0.5) is 15.8 Å². The van der Waals surface area contributed by atoms with Gasteiger partial charge in [-0.3, -0.25) is 14.9 Å². The van der Waals surface area contributed by atoms with Gasteiger partial charge in [-0.2, -0.15) is 0 Å². The van der Waals surface area contributed by atoms with Gasteiger partial charge in [-0.1, -0.05) is 20.3 Å². The summed E-state index contributed by atoms with van der Waals surface area (Å²) in [5, 5.41) is 13.0. The Labute approximate surface area is 109 Å². The highest BCUT2D eigenvalue weighted by Crippen LogP contribution is 2.20. The van der Waals surface area contributed by atoms with Crippen LogP contribution in [-0.2, 0) is 4.79 Å². The molecule has 104 valence electrons. The van der Waals surface area contributed by atoms with Crippen molar-refractivity contribution in [1.29, 1.82) is 0 Å². The van der Waals surface area contributed by atoms with Crippen LogP contribution in [0.25, 0.3) is 0 Å². The Kier molecular flexibility index (Phi) is 4.94. The number of nitrogens with two attached hydrogens (primary N) is 1. The van der Waals surface area contributed by atoms with E-state index in [-0.39, 0.29) is 11.6 Å². The Morgan fingerprint density at radius 1 is 1.53 bits per heavy atom. The van der Waals surface area contributed by atoms with Crippen molar-refractivity contribution in [2.45, 2.75) is 26.3 Å². The van der Waals surface area contributed by atoms with Crippen molar-refractivity contribution >= 4 is 17.3 Å². The van der Waals surface area contributed by atoms with Gasteiger partial charge in [0.05, 0.1) is 22.7 Å². The highest BCUT2D eigenvalue weighted by atomic mass is 19.1. The molecule has 1 aromatic carbocycles. The number of carbonyl (C=O) groups is 1. The standard InChI is InChI=1S/C12H16FN3O3/c1-3-7(2)11(14)12(17)15-9-4-8(13)5-10(6-9)16(18)19/h4-7,11H,3,14H2,1-2H3,(H,15,17). The molecular formula is C12H16FN3O3. The maximum absolute atomic E-state index is 13.2. The van der Waals surface area contributed by atoms with Gasteiger partial charge in [-0.25, -0.2) is 4.39 Å². The van der Waals surface area contributed by atoms with Gasteiger partial charge in [0, 0.05) is 6.07 Å². The second-order valence-corrected chi connectivity index (χ2v) is 4.36. The number of nitrogens with one attached hydrogen (secondary N) is 1. The van der Waals surface area contributed by atoms with Crippen molar-refractivity contribution in [2.24, 2.45) is 11.7 Å². The lowest BCUT2D eigenvalue weighted by atomic mass is 9.99. The molecule has 0 spiro atoms. The van der Waals surface area contributed by atoms with Gasteiger partial charge < -0.3 is 11.1 Å². The summed E-state index contributed by atoms with van der Waals surface area (Å²) < 4.78 is 13.2. The number of carbonyl (C=O) groups excluding carboxylic acids is 1. The fraction of sp³-hybridized carbons (Fsp3) is 0.417. The number of nitro groups is 1. The molecule has 3 N–H and O–H groups in total. The van der Waals surface area contributed by atoms with E-state index in [1.165, 1.54) is 0 Å². The zero-order valence-corrected chi connectivity index (χ0v) is 10.7. The van der Waals surface area contributed by atoms with Crippen LogP contribution in [0, 0.1) is 21.8 Å². The van der Waals surface area contributed by atoms with Gasteiger partial charge in [0.25, 0.3) is 5.69 Å². The fourth-order valence-electron chi connectivity index (χ4n) is 1.49. The number of nitro benzene ring substituents is 1. The zero-order chi connectivity index (χ0) is 14.6. The molecule has 1 aromatic rings. The fourth-order valence-corrected chi connectivity index (χ4v) is 1.49. The summed E-state index contributed by atoms with van der Waals surface area (Å²) in [6.45, 7) is 3.71. The van der Waals surface area contributed by atoms with E-state index in [0.29, 0.717) is 0 Å². The van der Waals surface area contributed by atoms with Crippen molar-refractivity contribution in [3.63, 3.8) is 0 Å². The predicted molar refractivity (Wildman–Crippen MR) is 69.1 cm³/mol. The minimum atomic E-state index is -0.790. The lowest BCUT2D eigenvalue weighted by Gasteiger charge is -2.17. The molecule has 7 heteroatoms. The Bertz CT molecular complexity index is 493. The number of rotatable bonds is 5. The van der Waals surface area contributed by atoms with Crippen LogP contribution in [-0.4, -0.2) is 16.9 Å². The van der Waals surface area contributed by atoms with E-state index in [9.17, 15) is 19.3 Å². The molecule has 2 unspecified atom stereocenters. The second kappa shape index (κ2) is 6.24. The van der Waals surface area contributed by atoms with E-state index < -0.39 is 28.4 Å². The molecule has 0 fully saturated rings. The number of hydrogen-bond acceptors (Lipinski definition) is 4. The Balaban J connectivity index is 2.88. The van der Waals surface area contributed by atoms with Crippen LogP contribution in [0.1, 0.15) is 20.3 Å². The van der Waals surface area contributed by atoms with Gasteiger partial charge in [0.15, 0.2) is 0 Å². The minimum Gasteiger partial charge on any atom is -0.324 e. The average molecular weight is 269 g/mol. The summed E-state index contributed by atoms with van der Waals surface area (Å²) in [5.74, 6) is -1.32. The van der Waals surface area contributed by atoms with Crippen LogP contribution in [0.2, 0.25) is 0 Å². The van der Waals surface area contributed by atoms with Crippen LogP contribution >= 0.6 is 0 Å². The maximum Gasteiger partial charge on any atom is 0.274 e. The summed E-state index contributed by atoms with van der Waals surface area (Å²) in [6, 6.07) is 2.13. The summed E-state index contributed by atoms with van der Waals surface area (Å²) in [5.41, 5.74) is 5.32. The van der Waals surface area contributed by atoms with Crippen LogP contribution in [0.3, 0.4) is 0 Å². The first kappa shape index (κ1) is 15.0. The van der Waals surface area contributed by atoms with E-state index in [4.69, 9.17) is 5.73 Å². The third-order valence-corrected chi connectivity index (χ3v) is 2.92. The molecule has 0 aromatic heterocycles. The van der Waals surface area contributed by atoms with E-state index >= 15 is 0 Å². The Hall–Kier alpha value is -2.02. The lowest BCUT2D eigenvalue weighted by molar-refractivity contribution is -0.385. The molecule has 0 aliphatic carbocycles. The second-order valence-electron chi connectivity index (χ2n) is 4.36. The number of benzene rings is 1. The van der Waals surface area contributed by atoms with Gasteiger partial charge >= 0.3 is 0 Å². The highest BCUT2D eigenvalue weighted by molar-refractivity contribution is 5.95. The molecule has 0 aliphatic heterocycles. The van der Waals surface area contributed by atoms with Crippen molar-refractivity contribution < 1.29 is 14.1 Å². The summed E-state index contributed by atoms with van der Waals surface area (Å²) in [4.78, 5) is 21.6. The van der Waals surface area contributed by atoms with Crippen molar-refractivity contribution in [3.05, 3.63) is 34.1 Å². The molecule has 1 rings (SSSR count). The predicted octanol–water partition coefficient (Wildman–Crippen LogP) is 2.05. The maximum atomic E-state index is 13.2.